The predicted octanol–water partition coefficient (Wildman–Crippen LogP) is 3.20. The molecule has 0 N–H and O–H groups in total. The van der Waals surface area contributed by atoms with Gasteiger partial charge in [0.25, 0.3) is 0 Å². The first-order valence-corrected chi connectivity index (χ1v) is 9.35. The fraction of sp³-hybridized carbons (Fsp3) is 0.500. The molecule has 0 bridgehead atoms. The third-order valence-corrected chi connectivity index (χ3v) is 5.73. The summed E-state index contributed by atoms with van der Waals surface area (Å²) in [7, 11) is -1.38. The lowest BCUT2D eigenvalue weighted by molar-refractivity contribution is -0.182. The zero-order chi connectivity index (χ0) is 16.1. The van der Waals surface area contributed by atoms with E-state index in [9.17, 15) is 9.00 Å². The van der Waals surface area contributed by atoms with Gasteiger partial charge < -0.3 is 9.47 Å². The van der Waals surface area contributed by atoms with Crippen LogP contribution in [0.1, 0.15) is 32.1 Å². The Bertz CT molecular complexity index is 590. The zero-order valence-corrected chi connectivity index (χ0v) is 13.9. The molecule has 0 amide bonds. The van der Waals surface area contributed by atoms with Gasteiger partial charge in [0.1, 0.15) is 0 Å². The van der Waals surface area contributed by atoms with E-state index >= 15 is 0 Å². The molecule has 2 aliphatic rings. The highest BCUT2D eigenvalue weighted by Gasteiger charge is 2.30. The predicted molar refractivity (Wildman–Crippen MR) is 88.2 cm³/mol. The van der Waals surface area contributed by atoms with Gasteiger partial charge in [-0.15, -0.1) is 0 Å². The van der Waals surface area contributed by atoms with Crippen LogP contribution in [0.25, 0.3) is 0 Å². The number of Topliss-reactive ketones (excluding diaryl/α,β-unsaturated/α-hetero) is 1. The van der Waals surface area contributed by atoms with Crippen molar-refractivity contribution >= 4 is 16.6 Å². The molecule has 1 aliphatic heterocycles. The molecule has 2 unspecified atom stereocenters. The molecule has 23 heavy (non-hydrogen) atoms. The van der Waals surface area contributed by atoms with E-state index in [4.69, 9.17) is 9.47 Å². The molecular formula is C18H22O4S. The zero-order valence-electron chi connectivity index (χ0n) is 13.1. The van der Waals surface area contributed by atoms with Crippen molar-refractivity contribution in [2.75, 3.05) is 13.2 Å². The third-order valence-electron chi connectivity index (χ3n) is 4.26. The van der Waals surface area contributed by atoms with E-state index in [0.717, 1.165) is 45.3 Å². The van der Waals surface area contributed by atoms with E-state index in [1.165, 1.54) is 0 Å². The van der Waals surface area contributed by atoms with Crippen LogP contribution >= 0.6 is 0 Å². The molecule has 0 spiro atoms. The van der Waals surface area contributed by atoms with Gasteiger partial charge in [0, 0.05) is 10.8 Å². The number of allylic oxidation sites excluding steroid dienone is 2. The average Bonchev–Trinajstić information content (AvgIpc) is 2.62. The first-order chi connectivity index (χ1) is 11.3. The van der Waals surface area contributed by atoms with Crippen LogP contribution in [0, 0.1) is 5.92 Å². The van der Waals surface area contributed by atoms with Crippen molar-refractivity contribution in [2.45, 2.75) is 43.3 Å². The molecule has 124 valence electrons. The second-order valence-electron chi connectivity index (χ2n) is 5.89. The summed E-state index contributed by atoms with van der Waals surface area (Å²) in [5.74, 6) is -0.0500. The number of ketones is 1. The molecule has 1 aromatic carbocycles. The maximum atomic E-state index is 12.7. The topological polar surface area (TPSA) is 52.6 Å². The summed E-state index contributed by atoms with van der Waals surface area (Å²) in [6.45, 7) is 1.46. The molecule has 1 aromatic rings. The Hall–Kier alpha value is -1.30. The summed E-state index contributed by atoms with van der Waals surface area (Å²) in [4.78, 5) is 13.8. The molecule has 0 saturated carbocycles. The van der Waals surface area contributed by atoms with E-state index in [1.807, 2.05) is 24.3 Å². The van der Waals surface area contributed by atoms with Gasteiger partial charge in [-0.25, -0.2) is 4.21 Å². The van der Waals surface area contributed by atoms with E-state index in [1.54, 1.807) is 12.1 Å². The third kappa shape index (κ3) is 4.16. The summed E-state index contributed by atoms with van der Waals surface area (Å²) >= 11 is 0. The van der Waals surface area contributed by atoms with Gasteiger partial charge >= 0.3 is 0 Å². The number of carbonyl (C=O) groups is 1. The van der Waals surface area contributed by atoms with Gasteiger partial charge in [-0.1, -0.05) is 24.3 Å². The number of rotatable bonds is 5. The lowest BCUT2D eigenvalue weighted by Crippen LogP contribution is -2.28. The Morgan fingerprint density at radius 1 is 1.09 bits per heavy atom. The minimum Gasteiger partial charge on any atom is -0.353 e. The highest BCUT2D eigenvalue weighted by atomic mass is 32.2. The van der Waals surface area contributed by atoms with Crippen LogP contribution in [-0.2, 0) is 25.1 Å². The van der Waals surface area contributed by atoms with E-state index < -0.39 is 10.8 Å². The summed E-state index contributed by atoms with van der Waals surface area (Å²) in [5.41, 5.74) is 0. The summed E-state index contributed by atoms with van der Waals surface area (Å²) in [6, 6.07) is 9.17. The molecule has 1 fully saturated rings. The smallest absolute Gasteiger partial charge is 0.174 e. The molecule has 3 rings (SSSR count). The van der Waals surface area contributed by atoms with Crippen LogP contribution in [0.2, 0.25) is 0 Å². The van der Waals surface area contributed by atoms with E-state index in [0.29, 0.717) is 9.80 Å². The SMILES string of the molecule is O=C1C(S(=O)c2ccccc2)=CCCC1CCC1OCCCO1. The molecular weight excluding hydrogens is 312 g/mol. The van der Waals surface area contributed by atoms with Gasteiger partial charge in [-0.05, 0) is 44.2 Å². The first kappa shape index (κ1) is 16.6. The molecule has 0 aromatic heterocycles. The van der Waals surface area contributed by atoms with Gasteiger partial charge in [0.2, 0.25) is 0 Å². The van der Waals surface area contributed by atoms with Crippen LogP contribution in [0.15, 0.2) is 46.2 Å². The molecule has 4 nitrogen and oxygen atoms in total. The van der Waals surface area contributed by atoms with Crippen LogP contribution in [0.3, 0.4) is 0 Å². The van der Waals surface area contributed by atoms with Crippen LogP contribution < -0.4 is 0 Å². The Morgan fingerprint density at radius 3 is 2.57 bits per heavy atom. The summed E-state index contributed by atoms with van der Waals surface area (Å²) in [6.07, 6.45) is 5.66. The second kappa shape index (κ2) is 7.99. The van der Waals surface area contributed by atoms with Crippen molar-refractivity contribution in [3.8, 4) is 0 Å². The van der Waals surface area contributed by atoms with Crippen LogP contribution in [-0.4, -0.2) is 29.5 Å². The van der Waals surface area contributed by atoms with E-state index in [2.05, 4.69) is 0 Å². The Kier molecular flexibility index (Phi) is 5.75. The van der Waals surface area contributed by atoms with Crippen molar-refractivity contribution < 1.29 is 18.5 Å². The number of ether oxygens (including phenoxy) is 2. The van der Waals surface area contributed by atoms with Gasteiger partial charge in [0.05, 0.1) is 28.9 Å². The number of benzene rings is 1. The van der Waals surface area contributed by atoms with Crippen molar-refractivity contribution in [2.24, 2.45) is 5.92 Å². The van der Waals surface area contributed by atoms with Gasteiger partial charge in [-0.2, -0.15) is 0 Å². The van der Waals surface area contributed by atoms with Crippen molar-refractivity contribution in [3.05, 3.63) is 41.3 Å². The lowest BCUT2D eigenvalue weighted by atomic mass is 9.89. The molecule has 0 radical (unpaired) electrons. The normalized spacial score (nSPS) is 24.3. The standard InChI is InChI=1S/C18H22O4S/c19-18-14(10-11-17-21-12-5-13-22-17)6-4-9-16(18)23(20)15-7-2-1-3-8-15/h1-3,7-9,14,17H,4-6,10-13H2. The largest absolute Gasteiger partial charge is 0.353 e. The Labute approximate surface area is 139 Å². The highest BCUT2D eigenvalue weighted by Crippen LogP contribution is 2.29. The van der Waals surface area contributed by atoms with Crippen molar-refractivity contribution in [1.82, 2.24) is 0 Å². The fourth-order valence-corrected chi connectivity index (χ4v) is 4.28. The Morgan fingerprint density at radius 2 is 1.83 bits per heavy atom. The molecule has 5 heteroatoms. The minimum absolute atomic E-state index is 0.0224. The maximum absolute atomic E-state index is 12.7. The van der Waals surface area contributed by atoms with Crippen LogP contribution in [0.4, 0.5) is 0 Å². The average molecular weight is 334 g/mol. The quantitative estimate of drug-likeness (QED) is 0.830. The number of hydrogen-bond acceptors (Lipinski definition) is 4. The molecule has 2 atom stereocenters. The van der Waals surface area contributed by atoms with Gasteiger partial charge in [0.15, 0.2) is 12.1 Å². The van der Waals surface area contributed by atoms with E-state index in [-0.39, 0.29) is 18.0 Å². The minimum atomic E-state index is -1.38. The van der Waals surface area contributed by atoms with Crippen molar-refractivity contribution in [1.29, 1.82) is 0 Å². The summed E-state index contributed by atoms with van der Waals surface area (Å²) in [5, 5.41) is 0. The molecule has 1 saturated heterocycles. The van der Waals surface area contributed by atoms with Crippen LogP contribution in [0.5, 0.6) is 0 Å². The second-order valence-corrected chi connectivity index (χ2v) is 7.34. The number of hydrogen-bond donors (Lipinski definition) is 0. The summed E-state index contributed by atoms with van der Waals surface area (Å²) < 4.78 is 23.7. The molecule has 1 aliphatic carbocycles. The molecule has 1 heterocycles. The highest BCUT2D eigenvalue weighted by molar-refractivity contribution is 7.90. The lowest BCUT2D eigenvalue weighted by Gasteiger charge is -2.26. The first-order valence-electron chi connectivity index (χ1n) is 8.20. The van der Waals surface area contributed by atoms with Crippen molar-refractivity contribution in [3.63, 3.8) is 0 Å². The maximum Gasteiger partial charge on any atom is 0.174 e. The number of carbonyl (C=O) groups excluding carboxylic acids is 1. The van der Waals surface area contributed by atoms with Gasteiger partial charge in [-0.3, -0.25) is 4.79 Å². The monoisotopic (exact) mass is 334 g/mol. The fourth-order valence-electron chi connectivity index (χ4n) is 3.00. The Balaban J connectivity index is 1.61.